The minimum absolute atomic E-state index is 0.0191. The van der Waals surface area contributed by atoms with E-state index in [1.807, 2.05) is 7.05 Å². The van der Waals surface area contributed by atoms with Gasteiger partial charge in [-0.1, -0.05) is 0 Å². The Labute approximate surface area is 119 Å². The Morgan fingerprint density at radius 3 is 2.25 bits per heavy atom. The predicted molar refractivity (Wildman–Crippen MR) is 77.6 cm³/mol. The van der Waals surface area contributed by atoms with Gasteiger partial charge in [0.05, 0.1) is 0 Å². The van der Waals surface area contributed by atoms with Crippen molar-refractivity contribution in [2.75, 3.05) is 7.05 Å². The summed E-state index contributed by atoms with van der Waals surface area (Å²) in [6, 6.07) is 0.166. The third kappa shape index (κ3) is 4.38. The van der Waals surface area contributed by atoms with Crippen LogP contribution in [0.15, 0.2) is 0 Å². The molecule has 1 saturated carbocycles. The van der Waals surface area contributed by atoms with Gasteiger partial charge in [0, 0.05) is 0 Å². The number of hydrogen-bond donors (Lipinski definition) is 4. The molecule has 2 atom stereocenters. The minimum atomic E-state index is -3.62. The van der Waals surface area contributed by atoms with E-state index in [0.29, 0.717) is 0 Å². The molecule has 1 rings (SSSR count). The number of carbonyl (C=O) groups is 2. The van der Waals surface area contributed by atoms with Gasteiger partial charge >= 0.3 is 119 Å². The summed E-state index contributed by atoms with van der Waals surface area (Å²) >= 11 is 0. The van der Waals surface area contributed by atoms with Crippen molar-refractivity contribution >= 4 is 19.8 Å². The molecule has 118 valence electrons. The van der Waals surface area contributed by atoms with Gasteiger partial charge in [0.1, 0.15) is 0 Å². The van der Waals surface area contributed by atoms with Crippen molar-refractivity contribution in [2.24, 2.45) is 0 Å². The van der Waals surface area contributed by atoms with Crippen LogP contribution in [0.3, 0.4) is 0 Å². The van der Waals surface area contributed by atoms with E-state index < -0.39 is 19.8 Å². The maximum atomic E-state index is 11.3. The van der Waals surface area contributed by atoms with Crippen LogP contribution >= 0.6 is 7.87 Å². The molecule has 0 amide bonds. The molecule has 4 N–H and O–H groups in total. The number of carboxylic acid groups (broad SMARTS) is 1. The van der Waals surface area contributed by atoms with Gasteiger partial charge < -0.3 is 0 Å². The second-order valence-corrected chi connectivity index (χ2v) is 8.52. The number of nitrogens with one attached hydrogen (secondary N) is 2. The molecule has 0 radical (unpaired) electrons. The number of carboxylic acids is 1. The summed E-state index contributed by atoms with van der Waals surface area (Å²) in [7, 11) is -1.77. The maximum absolute atomic E-state index is 11.3. The van der Waals surface area contributed by atoms with Crippen molar-refractivity contribution in [3.63, 3.8) is 0 Å². The summed E-state index contributed by atoms with van der Waals surface area (Å²) in [5, 5.41) is 14.9. The monoisotopic (exact) mass is 308 g/mol. The van der Waals surface area contributed by atoms with Gasteiger partial charge in [-0.2, -0.15) is 0 Å². The number of hydrogen-bond acceptors (Lipinski definition) is 6. The molecule has 0 spiro atoms. The first-order chi connectivity index (χ1) is 9.30. The molecule has 0 aromatic rings. The van der Waals surface area contributed by atoms with E-state index in [2.05, 4.69) is 10.4 Å². The Morgan fingerprint density at radius 1 is 1.25 bits per heavy atom. The van der Waals surface area contributed by atoms with E-state index in [1.54, 1.807) is 13.8 Å². The van der Waals surface area contributed by atoms with Gasteiger partial charge in [-0.3, -0.25) is 0 Å². The molecule has 0 aliphatic heterocycles. The molecular weight excluding hydrogens is 283 g/mol. The van der Waals surface area contributed by atoms with Crippen LogP contribution in [0.25, 0.3) is 0 Å². The van der Waals surface area contributed by atoms with Crippen LogP contribution in [-0.4, -0.2) is 46.7 Å². The van der Waals surface area contributed by atoms with Crippen LogP contribution in [0, 0.1) is 0 Å². The average molecular weight is 308 g/mol. The molecule has 0 aromatic heterocycles. The number of aliphatic carboxylic acids is 1. The van der Waals surface area contributed by atoms with Crippen molar-refractivity contribution < 1.29 is 24.1 Å². The van der Waals surface area contributed by atoms with E-state index in [1.165, 1.54) is 0 Å². The molecule has 0 saturated heterocycles. The molecule has 1 aliphatic carbocycles. The molecule has 0 bridgehead atoms. The Morgan fingerprint density at radius 2 is 1.80 bits per heavy atom. The van der Waals surface area contributed by atoms with E-state index in [4.69, 9.17) is 9.63 Å². The fourth-order valence-electron chi connectivity index (χ4n) is 2.41. The molecule has 20 heavy (non-hydrogen) atoms. The quantitative estimate of drug-likeness (QED) is 0.436. The van der Waals surface area contributed by atoms with Crippen LogP contribution in [0.5, 0.6) is 0 Å². The third-order valence-electron chi connectivity index (χ3n) is 3.73. The fourth-order valence-corrected chi connectivity index (χ4v) is 4.29. The van der Waals surface area contributed by atoms with Gasteiger partial charge in [-0.25, -0.2) is 0 Å². The van der Waals surface area contributed by atoms with E-state index in [0.717, 1.165) is 25.7 Å². The molecule has 7 nitrogen and oxygen atoms in total. The average Bonchev–Trinajstić information content (AvgIpc) is 2.38. The second-order valence-electron chi connectivity index (χ2n) is 5.48. The number of carbonyl (C=O) groups excluding carboxylic acids is 1. The Kier molecular flexibility index (Phi) is 6.33. The summed E-state index contributed by atoms with van der Waals surface area (Å²) in [6.07, 6.45) is 3.98. The van der Waals surface area contributed by atoms with Crippen LogP contribution < -0.4 is 10.4 Å². The molecule has 1 fully saturated rings. The summed E-state index contributed by atoms with van der Waals surface area (Å²) in [6.45, 7) is 3.43. The first-order valence-electron chi connectivity index (χ1n) is 6.93. The Bertz CT molecular complexity index is 366. The molecule has 8 heteroatoms. The first-order valence-corrected chi connectivity index (χ1v) is 8.87. The normalized spacial score (nSPS) is 24.4. The Hall–Kier alpha value is -0.750. The molecule has 2 unspecified atom stereocenters. The van der Waals surface area contributed by atoms with Crippen molar-refractivity contribution in [3.8, 4) is 0 Å². The second kappa shape index (κ2) is 7.31. The van der Waals surface area contributed by atoms with Gasteiger partial charge in [-0.05, 0) is 0 Å². The zero-order valence-electron chi connectivity index (χ0n) is 12.2. The Balaban J connectivity index is 2.79. The van der Waals surface area contributed by atoms with Crippen molar-refractivity contribution in [3.05, 3.63) is 0 Å². The first kappa shape index (κ1) is 17.3. The van der Waals surface area contributed by atoms with Gasteiger partial charge in [-0.15, -0.1) is 0 Å². The number of rotatable bonds is 5. The van der Waals surface area contributed by atoms with Gasteiger partial charge in [0.15, 0.2) is 0 Å². The van der Waals surface area contributed by atoms with Gasteiger partial charge in [0.2, 0.25) is 0 Å². The SMILES string of the molecule is CNC1CCCCC1N[PH](O)(OC(=O)C(=O)O)C(C)C. The van der Waals surface area contributed by atoms with Crippen molar-refractivity contribution in [1.29, 1.82) is 0 Å². The number of likely N-dealkylation sites (N-methyl/N-ethyl adjacent to an activating group) is 1. The molecular formula is C12H25N2O5P. The van der Waals surface area contributed by atoms with Crippen LogP contribution in [0.2, 0.25) is 0 Å². The summed E-state index contributed by atoms with van der Waals surface area (Å²) in [4.78, 5) is 32.4. The topological polar surface area (TPSA) is 108 Å². The molecule has 0 heterocycles. The van der Waals surface area contributed by atoms with Crippen molar-refractivity contribution in [2.45, 2.75) is 57.3 Å². The zero-order chi connectivity index (χ0) is 15.3. The van der Waals surface area contributed by atoms with Crippen LogP contribution in [0.1, 0.15) is 39.5 Å². The summed E-state index contributed by atoms with van der Waals surface area (Å²) in [5.41, 5.74) is -0.342. The molecule has 1 aliphatic rings. The zero-order valence-corrected chi connectivity index (χ0v) is 13.2. The summed E-state index contributed by atoms with van der Waals surface area (Å²) < 4.78 is 4.87. The molecule has 0 aromatic carbocycles. The van der Waals surface area contributed by atoms with E-state index >= 15 is 0 Å². The van der Waals surface area contributed by atoms with Crippen LogP contribution in [0.4, 0.5) is 0 Å². The predicted octanol–water partition coefficient (Wildman–Crippen LogP) is 0.630. The van der Waals surface area contributed by atoms with Crippen molar-refractivity contribution in [1.82, 2.24) is 10.4 Å². The fraction of sp³-hybridized carbons (Fsp3) is 0.833. The third-order valence-corrected chi connectivity index (χ3v) is 6.58. The summed E-state index contributed by atoms with van der Waals surface area (Å²) in [5.74, 6) is -3.09. The van der Waals surface area contributed by atoms with Crippen LogP contribution in [-0.2, 0) is 14.1 Å². The standard InChI is InChI=1S/C12H25N2O5P/c1-8(2)20(18,19-12(17)11(15)16)14-10-7-5-4-6-9(10)13-3/h8-10,13-14,18,20H,4-7H2,1-3H3,(H,15,16). The van der Waals surface area contributed by atoms with E-state index in [9.17, 15) is 14.5 Å². The van der Waals surface area contributed by atoms with Gasteiger partial charge in [0.25, 0.3) is 0 Å². The van der Waals surface area contributed by atoms with E-state index in [-0.39, 0.29) is 17.7 Å².